The van der Waals surface area contributed by atoms with Crippen LogP contribution in [0.3, 0.4) is 0 Å². The van der Waals surface area contributed by atoms with Crippen LogP contribution in [0.1, 0.15) is 36.3 Å². The topological polar surface area (TPSA) is 66.9 Å². The van der Waals surface area contributed by atoms with Crippen molar-refractivity contribution in [3.8, 4) is 17.2 Å². The Morgan fingerprint density at radius 1 is 1.00 bits per heavy atom. The van der Waals surface area contributed by atoms with Crippen molar-refractivity contribution in [3.05, 3.63) is 59.7 Å². The van der Waals surface area contributed by atoms with Gasteiger partial charge in [-0.25, -0.2) is 0 Å². The highest BCUT2D eigenvalue weighted by Gasteiger charge is 2.32. The van der Waals surface area contributed by atoms with Crippen LogP contribution in [0, 0.1) is 17.2 Å². The van der Waals surface area contributed by atoms with Gasteiger partial charge in [0.05, 0.1) is 11.6 Å². The fourth-order valence-electron chi connectivity index (χ4n) is 3.36. The molecule has 0 aliphatic heterocycles. The van der Waals surface area contributed by atoms with E-state index in [9.17, 15) is 4.79 Å². The second-order valence-electron chi connectivity index (χ2n) is 5.86. The molecule has 0 aromatic heterocycles. The van der Waals surface area contributed by atoms with Crippen molar-refractivity contribution in [1.29, 1.82) is 5.26 Å². The molecule has 1 aliphatic rings. The maximum atomic E-state index is 11.5. The first-order valence-corrected chi connectivity index (χ1v) is 7.59. The number of nitrogens with zero attached hydrogens (tertiary/aromatic N) is 1. The zero-order valence-corrected chi connectivity index (χ0v) is 12.3. The number of carbonyl (C=O) groups is 1. The molecule has 2 aromatic rings. The zero-order chi connectivity index (χ0) is 15.5. The summed E-state index contributed by atoms with van der Waals surface area (Å²) in [6.07, 6.45) is 3.00. The molecule has 0 radical (unpaired) electrons. The van der Waals surface area contributed by atoms with E-state index in [0.29, 0.717) is 5.56 Å². The molecule has 0 bridgehead atoms. The van der Waals surface area contributed by atoms with E-state index in [1.807, 2.05) is 24.3 Å². The minimum atomic E-state index is -0.182. The van der Waals surface area contributed by atoms with Crippen LogP contribution in [0.2, 0.25) is 0 Å². The van der Waals surface area contributed by atoms with Crippen molar-refractivity contribution in [2.75, 3.05) is 0 Å². The molecule has 3 rings (SSSR count). The monoisotopic (exact) mass is 290 g/mol. The van der Waals surface area contributed by atoms with E-state index in [4.69, 9.17) is 11.0 Å². The normalized spacial score (nSPS) is 20.5. The highest BCUT2D eigenvalue weighted by Crippen LogP contribution is 2.39. The van der Waals surface area contributed by atoms with Crippen LogP contribution in [-0.4, -0.2) is 5.91 Å². The predicted molar refractivity (Wildman–Crippen MR) is 85.9 cm³/mol. The van der Waals surface area contributed by atoms with Gasteiger partial charge in [0, 0.05) is 5.92 Å². The van der Waals surface area contributed by atoms with Gasteiger partial charge < -0.3 is 5.73 Å². The van der Waals surface area contributed by atoms with E-state index < -0.39 is 0 Å². The smallest absolute Gasteiger partial charge is 0.221 e. The summed E-state index contributed by atoms with van der Waals surface area (Å²) in [5.41, 5.74) is 9.56. The van der Waals surface area contributed by atoms with Crippen LogP contribution in [-0.2, 0) is 4.79 Å². The van der Waals surface area contributed by atoms with E-state index in [0.717, 1.165) is 30.4 Å². The average molecular weight is 290 g/mol. The van der Waals surface area contributed by atoms with Crippen molar-refractivity contribution < 1.29 is 4.79 Å². The molecule has 3 heteroatoms. The number of nitriles is 1. The van der Waals surface area contributed by atoms with Gasteiger partial charge in [0.25, 0.3) is 0 Å². The van der Waals surface area contributed by atoms with Gasteiger partial charge in [-0.1, -0.05) is 42.8 Å². The van der Waals surface area contributed by atoms with Crippen molar-refractivity contribution in [3.63, 3.8) is 0 Å². The highest BCUT2D eigenvalue weighted by atomic mass is 16.1. The Bertz CT molecular complexity index is 711. The van der Waals surface area contributed by atoms with Gasteiger partial charge in [-0.3, -0.25) is 4.79 Å². The minimum absolute atomic E-state index is 0.0271. The first-order valence-electron chi connectivity index (χ1n) is 7.59. The van der Waals surface area contributed by atoms with E-state index in [1.165, 1.54) is 5.56 Å². The van der Waals surface area contributed by atoms with Crippen molar-refractivity contribution in [1.82, 2.24) is 0 Å². The van der Waals surface area contributed by atoms with Gasteiger partial charge in [-0.2, -0.15) is 5.26 Å². The Hall–Kier alpha value is -2.60. The van der Waals surface area contributed by atoms with Crippen molar-refractivity contribution in [2.24, 2.45) is 11.7 Å². The second-order valence-corrected chi connectivity index (χ2v) is 5.86. The van der Waals surface area contributed by atoms with Crippen LogP contribution in [0.25, 0.3) is 11.1 Å². The molecule has 2 unspecified atom stereocenters. The largest absolute Gasteiger partial charge is 0.369 e. The van der Waals surface area contributed by atoms with Crippen LogP contribution in [0.5, 0.6) is 0 Å². The minimum Gasteiger partial charge on any atom is -0.369 e. The fraction of sp³-hybridized carbons (Fsp3) is 0.263. The Morgan fingerprint density at radius 2 is 1.59 bits per heavy atom. The van der Waals surface area contributed by atoms with Crippen LogP contribution in [0.4, 0.5) is 0 Å². The van der Waals surface area contributed by atoms with Gasteiger partial charge in [-0.15, -0.1) is 0 Å². The predicted octanol–water partition coefficient (Wildman–Crippen LogP) is 3.59. The number of rotatable bonds is 3. The molecular formula is C19H18N2O. The lowest BCUT2D eigenvalue weighted by Crippen LogP contribution is -2.25. The molecule has 22 heavy (non-hydrogen) atoms. The summed E-state index contributed by atoms with van der Waals surface area (Å²) in [7, 11) is 0. The number of amides is 1. The number of hydrogen-bond donors (Lipinski definition) is 1. The lowest BCUT2D eigenvalue weighted by Gasteiger charge is -2.17. The van der Waals surface area contributed by atoms with Gasteiger partial charge in [0.1, 0.15) is 0 Å². The quantitative estimate of drug-likeness (QED) is 0.938. The van der Waals surface area contributed by atoms with Crippen LogP contribution in [0.15, 0.2) is 48.5 Å². The summed E-state index contributed by atoms with van der Waals surface area (Å²) < 4.78 is 0. The molecule has 1 fully saturated rings. The molecule has 0 saturated heterocycles. The Kier molecular flexibility index (Phi) is 3.93. The molecule has 110 valence electrons. The molecule has 3 nitrogen and oxygen atoms in total. The molecule has 1 saturated carbocycles. The van der Waals surface area contributed by atoms with Crippen LogP contribution < -0.4 is 5.73 Å². The third-order valence-corrected chi connectivity index (χ3v) is 4.57. The fourth-order valence-corrected chi connectivity index (χ4v) is 3.36. The summed E-state index contributed by atoms with van der Waals surface area (Å²) in [5.74, 6) is 0.0481. The lowest BCUT2D eigenvalue weighted by molar-refractivity contribution is -0.122. The third kappa shape index (κ3) is 2.73. The zero-order valence-electron chi connectivity index (χ0n) is 12.3. The third-order valence-electron chi connectivity index (χ3n) is 4.57. The lowest BCUT2D eigenvalue weighted by atomic mass is 9.87. The molecule has 1 aliphatic carbocycles. The standard InChI is InChI=1S/C19H18N2O/c20-12-13-4-6-14(7-5-13)15-8-10-16(11-9-15)17-2-1-3-18(17)19(21)22/h4-11,17-18H,1-3H2,(H2,21,22). The summed E-state index contributed by atoms with van der Waals surface area (Å²) in [5, 5.41) is 8.84. The van der Waals surface area contributed by atoms with Crippen molar-refractivity contribution >= 4 is 5.91 Å². The van der Waals surface area contributed by atoms with E-state index in [1.54, 1.807) is 0 Å². The van der Waals surface area contributed by atoms with Gasteiger partial charge >= 0.3 is 0 Å². The number of nitrogens with two attached hydrogens (primary N) is 1. The molecule has 2 atom stereocenters. The Balaban J connectivity index is 1.83. The maximum Gasteiger partial charge on any atom is 0.221 e. The summed E-state index contributed by atoms with van der Waals surface area (Å²) in [6.45, 7) is 0. The average Bonchev–Trinajstić information content (AvgIpc) is 3.05. The molecule has 0 heterocycles. The Morgan fingerprint density at radius 3 is 2.14 bits per heavy atom. The van der Waals surface area contributed by atoms with Crippen LogP contribution >= 0.6 is 0 Å². The van der Waals surface area contributed by atoms with Gasteiger partial charge in [0.2, 0.25) is 5.91 Å². The number of primary amides is 1. The molecule has 2 aromatic carbocycles. The van der Waals surface area contributed by atoms with E-state index in [-0.39, 0.29) is 17.7 Å². The maximum absolute atomic E-state index is 11.5. The first kappa shape index (κ1) is 14.3. The summed E-state index contributed by atoms with van der Waals surface area (Å²) in [4.78, 5) is 11.5. The molecule has 0 spiro atoms. The number of benzene rings is 2. The van der Waals surface area contributed by atoms with Gasteiger partial charge in [-0.05, 0) is 47.6 Å². The Labute approximate surface area is 130 Å². The second kappa shape index (κ2) is 6.03. The van der Waals surface area contributed by atoms with E-state index in [2.05, 4.69) is 30.3 Å². The number of hydrogen-bond acceptors (Lipinski definition) is 2. The first-order chi connectivity index (χ1) is 10.7. The van der Waals surface area contributed by atoms with Gasteiger partial charge in [0.15, 0.2) is 0 Å². The highest BCUT2D eigenvalue weighted by molar-refractivity contribution is 5.78. The number of carbonyl (C=O) groups excluding carboxylic acids is 1. The molecule has 1 amide bonds. The summed E-state index contributed by atoms with van der Waals surface area (Å²) >= 11 is 0. The van der Waals surface area contributed by atoms with E-state index >= 15 is 0 Å². The summed E-state index contributed by atoms with van der Waals surface area (Å²) in [6, 6.07) is 18.0. The molecule has 2 N–H and O–H groups in total. The van der Waals surface area contributed by atoms with Crippen molar-refractivity contribution in [2.45, 2.75) is 25.2 Å². The SMILES string of the molecule is N#Cc1ccc(-c2ccc(C3CCCC3C(N)=O)cc2)cc1. The molecular weight excluding hydrogens is 272 g/mol.